The molecule has 150 valence electrons. The number of benzene rings is 2. The van der Waals surface area contributed by atoms with Gasteiger partial charge in [0.1, 0.15) is 10.6 Å². The summed E-state index contributed by atoms with van der Waals surface area (Å²) in [6, 6.07) is 11.6. The molecule has 0 spiro atoms. The smallest absolute Gasteiger partial charge is 0.263 e. The van der Waals surface area contributed by atoms with Crippen molar-refractivity contribution >= 4 is 56.3 Å². The highest BCUT2D eigenvalue weighted by atomic mass is 35.5. The quantitative estimate of drug-likeness (QED) is 0.484. The predicted octanol–water partition coefficient (Wildman–Crippen LogP) is 5.10. The monoisotopic (exact) mass is 470 g/mol. The van der Waals surface area contributed by atoms with Crippen LogP contribution in [-0.4, -0.2) is 25.8 Å². The summed E-state index contributed by atoms with van der Waals surface area (Å²) in [6.07, 6.45) is 2.87. The van der Waals surface area contributed by atoms with Crippen LogP contribution < -0.4 is 9.46 Å². The summed E-state index contributed by atoms with van der Waals surface area (Å²) >= 11 is 17.6. The van der Waals surface area contributed by atoms with Gasteiger partial charge in [0.25, 0.3) is 10.0 Å². The summed E-state index contributed by atoms with van der Waals surface area (Å²) in [6.45, 7) is -0.263. The van der Waals surface area contributed by atoms with Gasteiger partial charge in [-0.15, -0.1) is 0 Å². The number of carbonyl (C=O) groups is 1. The maximum absolute atomic E-state index is 12.6. The Balaban J connectivity index is 1.74. The topological polar surface area (TPSA) is 85.4 Å². The van der Waals surface area contributed by atoms with Gasteiger partial charge in [-0.25, -0.2) is 8.42 Å². The molecule has 2 aromatic carbocycles. The standard InChI is InChI=1S/C19H13Cl3N2O4S/c20-13-4-5-19(17(22)8-13)29(26,27)24-15-3-1-2-12(6-15)18(25)11-28-16-7-14(21)9-23-10-16/h1-10,24H,11H2. The Morgan fingerprint density at radius 1 is 1.00 bits per heavy atom. The van der Waals surface area contributed by atoms with E-state index >= 15 is 0 Å². The lowest BCUT2D eigenvalue weighted by Gasteiger charge is -2.11. The van der Waals surface area contributed by atoms with Crippen LogP contribution in [0.2, 0.25) is 15.1 Å². The molecule has 1 N–H and O–H groups in total. The molecule has 0 unspecified atom stereocenters. The molecule has 0 aliphatic carbocycles. The van der Waals surface area contributed by atoms with Crippen LogP contribution in [-0.2, 0) is 10.0 Å². The first kappa shape index (κ1) is 21.4. The first-order valence-electron chi connectivity index (χ1n) is 8.09. The van der Waals surface area contributed by atoms with Crippen molar-refractivity contribution in [1.29, 1.82) is 0 Å². The summed E-state index contributed by atoms with van der Waals surface area (Å²) in [5, 5.41) is 0.685. The zero-order valence-electron chi connectivity index (χ0n) is 14.6. The molecule has 29 heavy (non-hydrogen) atoms. The maximum Gasteiger partial charge on any atom is 0.263 e. The third-order valence-electron chi connectivity index (χ3n) is 3.67. The zero-order chi connectivity index (χ0) is 21.0. The molecular formula is C19H13Cl3N2O4S. The number of anilines is 1. The maximum atomic E-state index is 12.6. The van der Waals surface area contributed by atoms with E-state index < -0.39 is 10.0 Å². The van der Waals surface area contributed by atoms with E-state index in [2.05, 4.69) is 9.71 Å². The second-order valence-electron chi connectivity index (χ2n) is 5.81. The number of carbonyl (C=O) groups excluding carboxylic acids is 1. The lowest BCUT2D eigenvalue weighted by atomic mass is 10.1. The molecule has 3 rings (SSSR count). The van der Waals surface area contributed by atoms with Crippen molar-refractivity contribution in [1.82, 2.24) is 4.98 Å². The van der Waals surface area contributed by atoms with Crippen LogP contribution in [0, 0.1) is 0 Å². The lowest BCUT2D eigenvalue weighted by molar-refractivity contribution is 0.0921. The molecule has 0 radical (unpaired) electrons. The van der Waals surface area contributed by atoms with Gasteiger partial charge in [-0.2, -0.15) is 0 Å². The van der Waals surface area contributed by atoms with Crippen LogP contribution in [0.25, 0.3) is 0 Å². The molecule has 0 fully saturated rings. The highest BCUT2D eigenvalue weighted by molar-refractivity contribution is 7.92. The Morgan fingerprint density at radius 3 is 2.52 bits per heavy atom. The first-order chi connectivity index (χ1) is 13.7. The third-order valence-corrected chi connectivity index (χ3v) is 5.98. The van der Waals surface area contributed by atoms with Gasteiger partial charge in [0, 0.05) is 28.5 Å². The number of sulfonamides is 1. The highest BCUT2D eigenvalue weighted by Gasteiger charge is 2.19. The molecule has 0 atom stereocenters. The molecule has 6 nitrogen and oxygen atoms in total. The van der Waals surface area contributed by atoms with Crippen LogP contribution in [0.3, 0.4) is 0 Å². The molecule has 0 saturated carbocycles. The number of nitrogens with one attached hydrogen (secondary N) is 1. The normalized spacial score (nSPS) is 11.1. The van der Waals surface area contributed by atoms with E-state index in [1.807, 2.05) is 0 Å². The van der Waals surface area contributed by atoms with Crippen molar-refractivity contribution in [3.8, 4) is 5.75 Å². The van der Waals surface area contributed by atoms with Crippen molar-refractivity contribution in [2.75, 3.05) is 11.3 Å². The molecule has 1 heterocycles. The second kappa shape index (κ2) is 9.00. The number of aromatic nitrogens is 1. The fourth-order valence-electron chi connectivity index (χ4n) is 2.36. The number of pyridine rings is 1. The highest BCUT2D eigenvalue weighted by Crippen LogP contribution is 2.27. The van der Waals surface area contributed by atoms with Crippen molar-refractivity contribution in [3.63, 3.8) is 0 Å². The van der Waals surface area contributed by atoms with Gasteiger partial charge in [0.15, 0.2) is 12.4 Å². The molecule has 10 heteroatoms. The van der Waals surface area contributed by atoms with E-state index in [1.165, 1.54) is 48.8 Å². The van der Waals surface area contributed by atoms with Gasteiger partial charge in [0.2, 0.25) is 0 Å². The number of nitrogens with zero attached hydrogens (tertiary/aromatic N) is 1. The van der Waals surface area contributed by atoms with E-state index in [0.29, 0.717) is 15.8 Å². The summed E-state index contributed by atoms with van der Waals surface area (Å²) in [5.74, 6) is -0.00404. The molecular weight excluding hydrogens is 459 g/mol. The minimum atomic E-state index is -3.97. The zero-order valence-corrected chi connectivity index (χ0v) is 17.7. The summed E-state index contributed by atoms with van der Waals surface area (Å²) in [5.41, 5.74) is 0.466. The molecule has 3 aromatic rings. The fourth-order valence-corrected chi connectivity index (χ4v) is 4.35. The van der Waals surface area contributed by atoms with Crippen LogP contribution in [0.1, 0.15) is 10.4 Å². The average Bonchev–Trinajstić information content (AvgIpc) is 2.65. The van der Waals surface area contributed by atoms with Crippen LogP contribution >= 0.6 is 34.8 Å². The van der Waals surface area contributed by atoms with Crippen molar-refractivity contribution in [3.05, 3.63) is 81.6 Å². The van der Waals surface area contributed by atoms with Crippen molar-refractivity contribution in [2.45, 2.75) is 4.90 Å². The van der Waals surface area contributed by atoms with Gasteiger partial charge in [-0.3, -0.25) is 14.5 Å². The van der Waals surface area contributed by atoms with E-state index in [-0.39, 0.29) is 33.6 Å². The number of ether oxygens (including phenoxy) is 1. The molecule has 0 amide bonds. The molecule has 0 aliphatic heterocycles. The molecule has 1 aromatic heterocycles. The average molecular weight is 472 g/mol. The number of ketones is 1. The Hall–Kier alpha value is -2.32. The molecule has 0 aliphatic rings. The van der Waals surface area contributed by atoms with Crippen LogP contribution in [0.5, 0.6) is 5.75 Å². The first-order valence-corrected chi connectivity index (χ1v) is 10.7. The van der Waals surface area contributed by atoms with E-state index in [1.54, 1.807) is 12.1 Å². The number of halogens is 3. The Morgan fingerprint density at radius 2 is 1.79 bits per heavy atom. The number of Topliss-reactive ketones (excluding diaryl/α,β-unsaturated/α-hetero) is 1. The minimum Gasteiger partial charge on any atom is -0.484 e. The van der Waals surface area contributed by atoms with E-state index in [4.69, 9.17) is 39.5 Å². The molecule has 0 saturated heterocycles. The van der Waals surface area contributed by atoms with Crippen molar-refractivity contribution < 1.29 is 17.9 Å². The Kier molecular flexibility index (Phi) is 6.64. The van der Waals surface area contributed by atoms with Gasteiger partial charge in [-0.1, -0.05) is 46.9 Å². The largest absolute Gasteiger partial charge is 0.484 e. The number of rotatable bonds is 7. The SMILES string of the molecule is O=C(COc1cncc(Cl)c1)c1cccc(NS(=O)(=O)c2ccc(Cl)cc2Cl)c1. The summed E-state index contributed by atoms with van der Waals surface area (Å²) in [7, 11) is -3.97. The Bertz CT molecular complexity index is 1170. The Labute approximate surface area is 182 Å². The summed E-state index contributed by atoms with van der Waals surface area (Å²) < 4.78 is 33.0. The van der Waals surface area contributed by atoms with Gasteiger partial charge in [0.05, 0.1) is 16.2 Å². The van der Waals surface area contributed by atoms with Crippen LogP contribution in [0.4, 0.5) is 5.69 Å². The third kappa shape index (κ3) is 5.61. The lowest BCUT2D eigenvalue weighted by Crippen LogP contribution is -2.15. The predicted molar refractivity (Wildman–Crippen MR) is 113 cm³/mol. The van der Waals surface area contributed by atoms with Gasteiger partial charge in [-0.05, 0) is 30.3 Å². The van der Waals surface area contributed by atoms with Gasteiger partial charge < -0.3 is 4.74 Å². The van der Waals surface area contributed by atoms with Crippen LogP contribution in [0.15, 0.2) is 65.8 Å². The fraction of sp³-hybridized carbons (Fsp3) is 0.0526. The van der Waals surface area contributed by atoms with Gasteiger partial charge >= 0.3 is 0 Å². The second-order valence-corrected chi connectivity index (χ2v) is 8.74. The van der Waals surface area contributed by atoms with E-state index in [0.717, 1.165) is 0 Å². The summed E-state index contributed by atoms with van der Waals surface area (Å²) in [4.78, 5) is 16.1. The number of hydrogen-bond acceptors (Lipinski definition) is 5. The molecule has 0 bridgehead atoms. The van der Waals surface area contributed by atoms with Crippen molar-refractivity contribution in [2.24, 2.45) is 0 Å². The van der Waals surface area contributed by atoms with E-state index in [9.17, 15) is 13.2 Å². The number of hydrogen-bond donors (Lipinski definition) is 1. The minimum absolute atomic E-state index is 0.0132.